The van der Waals surface area contributed by atoms with Gasteiger partial charge in [-0.1, -0.05) is 31.2 Å². The Morgan fingerprint density at radius 1 is 1.31 bits per heavy atom. The minimum atomic E-state index is 0.513. The van der Waals surface area contributed by atoms with Gasteiger partial charge in [-0.15, -0.1) is 0 Å². The standard InChI is InChI=1S/C23H38N4O2/c1-3-22(27-12-9-20-7-4-5-8-21(20)16-27)15-26-23(24-2)25-11-6-13-28-17-19-10-14-29-18-19/h4-5,7-8,19,22H,3,6,9-18H2,1-2H3,(H2,24,25,26). The highest BCUT2D eigenvalue weighted by Crippen LogP contribution is 2.21. The predicted molar refractivity (Wildman–Crippen MR) is 118 cm³/mol. The summed E-state index contributed by atoms with van der Waals surface area (Å²) in [5.41, 5.74) is 2.98. The molecule has 2 heterocycles. The maximum absolute atomic E-state index is 5.77. The van der Waals surface area contributed by atoms with E-state index in [1.54, 1.807) is 0 Å². The zero-order valence-corrected chi connectivity index (χ0v) is 18.2. The number of guanidine groups is 1. The first-order valence-electron chi connectivity index (χ1n) is 11.2. The SMILES string of the molecule is CCC(CNC(=NC)NCCCOCC1CCOC1)N1CCc2ccccc2C1. The van der Waals surface area contributed by atoms with Crippen molar-refractivity contribution in [1.82, 2.24) is 15.5 Å². The van der Waals surface area contributed by atoms with Crippen LogP contribution in [0.2, 0.25) is 0 Å². The fourth-order valence-electron chi connectivity index (χ4n) is 4.14. The Morgan fingerprint density at radius 3 is 2.93 bits per heavy atom. The summed E-state index contributed by atoms with van der Waals surface area (Å²) in [6.45, 7) is 9.59. The van der Waals surface area contributed by atoms with E-state index < -0.39 is 0 Å². The van der Waals surface area contributed by atoms with Gasteiger partial charge in [-0.2, -0.15) is 0 Å². The zero-order valence-electron chi connectivity index (χ0n) is 18.2. The average molecular weight is 403 g/mol. The van der Waals surface area contributed by atoms with Gasteiger partial charge < -0.3 is 20.1 Å². The van der Waals surface area contributed by atoms with Gasteiger partial charge in [-0.25, -0.2) is 0 Å². The fraction of sp³-hybridized carbons (Fsp3) is 0.696. The van der Waals surface area contributed by atoms with Crippen LogP contribution in [0.3, 0.4) is 0 Å². The van der Waals surface area contributed by atoms with Gasteiger partial charge in [-0.3, -0.25) is 9.89 Å². The number of rotatable bonds is 10. The van der Waals surface area contributed by atoms with E-state index >= 15 is 0 Å². The molecule has 0 spiro atoms. The Hall–Kier alpha value is -1.63. The van der Waals surface area contributed by atoms with E-state index in [4.69, 9.17) is 9.47 Å². The molecule has 2 aliphatic heterocycles. The van der Waals surface area contributed by atoms with Crippen molar-refractivity contribution in [1.29, 1.82) is 0 Å². The third-order valence-corrected chi connectivity index (χ3v) is 6.01. The van der Waals surface area contributed by atoms with E-state index in [1.165, 1.54) is 11.1 Å². The van der Waals surface area contributed by atoms with Gasteiger partial charge in [0.2, 0.25) is 0 Å². The molecule has 162 valence electrons. The highest BCUT2D eigenvalue weighted by molar-refractivity contribution is 5.79. The van der Waals surface area contributed by atoms with E-state index in [9.17, 15) is 0 Å². The first-order valence-corrected chi connectivity index (χ1v) is 11.2. The molecule has 29 heavy (non-hydrogen) atoms. The second-order valence-corrected chi connectivity index (χ2v) is 8.09. The summed E-state index contributed by atoms with van der Waals surface area (Å²) < 4.78 is 11.1. The monoisotopic (exact) mass is 402 g/mol. The Balaban J connectivity index is 1.32. The van der Waals surface area contributed by atoms with E-state index in [2.05, 4.69) is 51.7 Å². The number of hydrogen-bond donors (Lipinski definition) is 2. The smallest absolute Gasteiger partial charge is 0.191 e. The molecule has 0 amide bonds. The minimum absolute atomic E-state index is 0.513. The third kappa shape index (κ3) is 6.98. The second kappa shape index (κ2) is 12.2. The summed E-state index contributed by atoms with van der Waals surface area (Å²) in [4.78, 5) is 6.98. The number of hydrogen-bond acceptors (Lipinski definition) is 4. The van der Waals surface area contributed by atoms with Crippen LogP contribution in [0.5, 0.6) is 0 Å². The Bertz CT molecular complexity index is 631. The summed E-state index contributed by atoms with van der Waals surface area (Å²) in [5.74, 6) is 1.47. The van der Waals surface area contributed by atoms with Gasteiger partial charge in [0.05, 0.1) is 13.2 Å². The van der Waals surface area contributed by atoms with Crippen molar-refractivity contribution in [3.8, 4) is 0 Å². The maximum Gasteiger partial charge on any atom is 0.191 e. The predicted octanol–water partition coefficient (Wildman–Crippen LogP) is 2.43. The Morgan fingerprint density at radius 2 is 2.17 bits per heavy atom. The first-order chi connectivity index (χ1) is 14.3. The van der Waals surface area contributed by atoms with Crippen molar-refractivity contribution in [3.63, 3.8) is 0 Å². The number of aliphatic imine (C=N–C) groups is 1. The molecule has 1 saturated heterocycles. The second-order valence-electron chi connectivity index (χ2n) is 8.09. The molecule has 0 radical (unpaired) electrons. The van der Waals surface area contributed by atoms with Crippen molar-refractivity contribution < 1.29 is 9.47 Å². The van der Waals surface area contributed by atoms with Gasteiger partial charge in [0.1, 0.15) is 0 Å². The lowest BCUT2D eigenvalue weighted by molar-refractivity contribution is 0.0888. The molecule has 1 aromatic rings. The van der Waals surface area contributed by atoms with Crippen LogP contribution in [-0.2, 0) is 22.4 Å². The van der Waals surface area contributed by atoms with Crippen molar-refractivity contribution in [3.05, 3.63) is 35.4 Å². The fourth-order valence-corrected chi connectivity index (χ4v) is 4.14. The molecule has 3 rings (SSSR count). The summed E-state index contributed by atoms with van der Waals surface area (Å²) in [6.07, 6.45) is 4.39. The number of nitrogens with zero attached hydrogens (tertiary/aromatic N) is 2. The summed E-state index contributed by atoms with van der Waals surface area (Å²) in [6, 6.07) is 9.35. The van der Waals surface area contributed by atoms with Crippen LogP contribution in [0.25, 0.3) is 0 Å². The van der Waals surface area contributed by atoms with Gasteiger partial charge in [-0.05, 0) is 36.8 Å². The molecule has 0 bridgehead atoms. The van der Waals surface area contributed by atoms with Crippen LogP contribution in [0.4, 0.5) is 0 Å². The molecule has 6 nitrogen and oxygen atoms in total. The molecule has 0 saturated carbocycles. The molecule has 2 atom stereocenters. The van der Waals surface area contributed by atoms with E-state index in [0.717, 1.165) is 84.2 Å². The van der Waals surface area contributed by atoms with E-state index in [-0.39, 0.29) is 0 Å². The van der Waals surface area contributed by atoms with Gasteiger partial charge in [0.25, 0.3) is 0 Å². The molecule has 0 aliphatic carbocycles. The third-order valence-electron chi connectivity index (χ3n) is 6.01. The summed E-state index contributed by atoms with van der Waals surface area (Å²) in [7, 11) is 1.84. The molecular formula is C23H38N4O2. The molecule has 0 aromatic heterocycles. The lowest BCUT2D eigenvalue weighted by Crippen LogP contribution is -2.48. The first kappa shape index (κ1) is 22.1. The van der Waals surface area contributed by atoms with Crippen LogP contribution in [0.15, 0.2) is 29.3 Å². The number of nitrogens with one attached hydrogen (secondary N) is 2. The van der Waals surface area contributed by atoms with E-state index in [1.807, 2.05) is 7.05 Å². The molecular weight excluding hydrogens is 364 g/mol. The summed E-state index contributed by atoms with van der Waals surface area (Å²) in [5, 5.41) is 6.93. The highest BCUT2D eigenvalue weighted by atomic mass is 16.5. The quantitative estimate of drug-likeness (QED) is 0.358. The number of benzene rings is 1. The van der Waals surface area contributed by atoms with Crippen molar-refractivity contribution in [2.24, 2.45) is 10.9 Å². The zero-order chi connectivity index (χ0) is 20.3. The van der Waals surface area contributed by atoms with Crippen LogP contribution in [0.1, 0.15) is 37.3 Å². The van der Waals surface area contributed by atoms with Gasteiger partial charge in [0.15, 0.2) is 5.96 Å². The molecule has 2 unspecified atom stereocenters. The normalized spacial score (nSPS) is 21.0. The van der Waals surface area contributed by atoms with Crippen LogP contribution in [-0.4, -0.2) is 70.0 Å². The Labute approximate surface area is 176 Å². The van der Waals surface area contributed by atoms with Crippen molar-refractivity contribution in [2.45, 2.75) is 45.2 Å². The van der Waals surface area contributed by atoms with Crippen LogP contribution < -0.4 is 10.6 Å². The summed E-state index contributed by atoms with van der Waals surface area (Å²) >= 11 is 0. The lowest BCUT2D eigenvalue weighted by atomic mass is 9.98. The molecule has 1 aromatic carbocycles. The lowest BCUT2D eigenvalue weighted by Gasteiger charge is -2.35. The van der Waals surface area contributed by atoms with Crippen LogP contribution >= 0.6 is 0 Å². The van der Waals surface area contributed by atoms with Gasteiger partial charge in [0, 0.05) is 58.4 Å². The molecule has 6 heteroatoms. The molecule has 1 fully saturated rings. The average Bonchev–Trinajstić information content (AvgIpc) is 3.28. The maximum atomic E-state index is 5.77. The van der Waals surface area contributed by atoms with Crippen LogP contribution in [0, 0.1) is 5.92 Å². The number of ether oxygens (including phenoxy) is 2. The number of fused-ring (bicyclic) bond motifs is 1. The van der Waals surface area contributed by atoms with Crippen molar-refractivity contribution in [2.75, 3.05) is 53.1 Å². The van der Waals surface area contributed by atoms with E-state index in [0.29, 0.717) is 12.0 Å². The molecule has 2 aliphatic rings. The largest absolute Gasteiger partial charge is 0.381 e. The minimum Gasteiger partial charge on any atom is -0.381 e. The topological polar surface area (TPSA) is 58.1 Å². The Kier molecular flexibility index (Phi) is 9.25. The molecule has 2 N–H and O–H groups in total. The van der Waals surface area contributed by atoms with Gasteiger partial charge >= 0.3 is 0 Å². The van der Waals surface area contributed by atoms with Crippen molar-refractivity contribution >= 4 is 5.96 Å². The highest BCUT2D eigenvalue weighted by Gasteiger charge is 2.22.